The predicted octanol–water partition coefficient (Wildman–Crippen LogP) is 2.56. The van der Waals surface area contributed by atoms with E-state index < -0.39 is 30.9 Å². The summed E-state index contributed by atoms with van der Waals surface area (Å²) in [6.07, 6.45) is -8.40. The lowest BCUT2D eigenvalue weighted by atomic mass is 10.2. The van der Waals surface area contributed by atoms with Gasteiger partial charge in [-0.15, -0.1) is 0 Å². The minimum absolute atomic E-state index is 0.215. The third kappa shape index (κ3) is 3.21. The Hall–Kier alpha value is -0.570. The number of rotatable bonds is 5. The highest BCUT2D eigenvalue weighted by molar-refractivity contribution is 4.90. The van der Waals surface area contributed by atoms with Gasteiger partial charge < -0.3 is 9.84 Å². The zero-order chi connectivity index (χ0) is 13.2. The Morgan fingerprint density at radius 2 is 1.50 bits per heavy atom. The predicted molar refractivity (Wildman–Crippen MR) is 38.2 cm³/mol. The fraction of sp³-hybridized carbons (Fsp3) is 1.00. The van der Waals surface area contributed by atoms with Crippen LogP contribution in [0.5, 0.6) is 0 Å². The zero-order valence-corrected chi connectivity index (χ0v) is 7.99. The quantitative estimate of drug-likeness (QED) is 0.606. The van der Waals surface area contributed by atoms with Crippen LogP contribution in [0.3, 0.4) is 0 Å². The number of aliphatic hydroxyl groups is 1. The van der Waals surface area contributed by atoms with Crippen LogP contribution in [0.15, 0.2) is 0 Å². The van der Waals surface area contributed by atoms with Gasteiger partial charge >= 0.3 is 18.0 Å². The van der Waals surface area contributed by atoms with Gasteiger partial charge in [-0.1, -0.05) is 6.92 Å². The molecule has 0 aromatic carbocycles. The molecule has 0 rings (SSSR count). The number of hydrogen-bond donors (Lipinski definition) is 1. The molecule has 0 aliphatic carbocycles. The van der Waals surface area contributed by atoms with Gasteiger partial charge in [0.25, 0.3) is 0 Å². The summed E-state index contributed by atoms with van der Waals surface area (Å²) in [5.41, 5.74) is 0. The second-order valence-corrected chi connectivity index (χ2v) is 2.95. The van der Waals surface area contributed by atoms with E-state index >= 15 is 0 Å². The molecule has 0 spiro atoms. The SMILES string of the molecule is CCC(O)OCC(F)(F)C(F)(F)C(F)(F)F. The largest absolute Gasteiger partial charge is 0.459 e. The number of alkyl halides is 7. The first-order valence-electron chi connectivity index (χ1n) is 4.07. The van der Waals surface area contributed by atoms with Gasteiger partial charge in [-0.05, 0) is 6.42 Å². The Labute approximate surface area is 86.0 Å². The molecule has 1 atom stereocenters. The van der Waals surface area contributed by atoms with Crippen LogP contribution in [-0.2, 0) is 4.74 Å². The molecule has 1 unspecified atom stereocenters. The molecule has 1 N–H and O–H groups in total. The van der Waals surface area contributed by atoms with Crippen molar-refractivity contribution in [3.63, 3.8) is 0 Å². The van der Waals surface area contributed by atoms with E-state index in [-0.39, 0.29) is 6.42 Å². The first kappa shape index (κ1) is 15.4. The lowest BCUT2D eigenvalue weighted by Gasteiger charge is -2.28. The Morgan fingerprint density at radius 1 is 1.06 bits per heavy atom. The molecule has 16 heavy (non-hydrogen) atoms. The minimum Gasteiger partial charge on any atom is -0.368 e. The molecule has 0 saturated carbocycles. The van der Waals surface area contributed by atoms with Crippen molar-refractivity contribution in [1.29, 1.82) is 0 Å². The Bertz CT molecular complexity index is 225. The normalized spacial score (nSPS) is 16.3. The molecule has 2 nitrogen and oxygen atoms in total. The third-order valence-electron chi connectivity index (χ3n) is 1.62. The summed E-state index contributed by atoms with van der Waals surface area (Å²) in [6, 6.07) is 0. The standard InChI is InChI=1S/C7H9F7O2/c1-2-4(15)16-3-5(8,9)6(10,11)7(12,13)14/h4,15H,2-3H2,1H3. The highest BCUT2D eigenvalue weighted by Crippen LogP contribution is 2.46. The molecular weight excluding hydrogens is 249 g/mol. The van der Waals surface area contributed by atoms with Crippen molar-refractivity contribution < 1.29 is 40.6 Å². The van der Waals surface area contributed by atoms with Crippen LogP contribution in [-0.4, -0.2) is 36.0 Å². The van der Waals surface area contributed by atoms with Gasteiger partial charge in [0.1, 0.15) is 6.61 Å². The van der Waals surface area contributed by atoms with Crippen molar-refractivity contribution in [2.24, 2.45) is 0 Å². The summed E-state index contributed by atoms with van der Waals surface area (Å²) in [7, 11) is 0. The fourth-order valence-electron chi connectivity index (χ4n) is 0.617. The lowest BCUT2D eigenvalue weighted by molar-refractivity contribution is -0.365. The Morgan fingerprint density at radius 3 is 1.81 bits per heavy atom. The van der Waals surface area contributed by atoms with Gasteiger partial charge in [-0.25, -0.2) is 0 Å². The van der Waals surface area contributed by atoms with Crippen molar-refractivity contribution in [1.82, 2.24) is 0 Å². The van der Waals surface area contributed by atoms with E-state index in [1.54, 1.807) is 0 Å². The maximum absolute atomic E-state index is 12.5. The summed E-state index contributed by atoms with van der Waals surface area (Å²) in [6.45, 7) is -0.945. The van der Waals surface area contributed by atoms with Gasteiger partial charge in [0, 0.05) is 0 Å². The number of ether oxygens (including phenoxy) is 1. The molecule has 0 amide bonds. The summed E-state index contributed by atoms with van der Waals surface area (Å²) < 4.78 is 88.0. The van der Waals surface area contributed by atoms with E-state index in [1.165, 1.54) is 6.92 Å². The second-order valence-electron chi connectivity index (χ2n) is 2.95. The third-order valence-corrected chi connectivity index (χ3v) is 1.62. The van der Waals surface area contributed by atoms with Crippen LogP contribution >= 0.6 is 0 Å². The first-order valence-corrected chi connectivity index (χ1v) is 4.07. The minimum atomic E-state index is -6.38. The summed E-state index contributed by atoms with van der Waals surface area (Å²) in [5, 5.41) is 8.61. The molecule has 0 aliphatic rings. The molecule has 0 heterocycles. The molecule has 0 aromatic rings. The van der Waals surface area contributed by atoms with Crippen LogP contribution in [0.1, 0.15) is 13.3 Å². The van der Waals surface area contributed by atoms with Gasteiger partial charge in [-0.2, -0.15) is 30.7 Å². The highest BCUT2D eigenvalue weighted by atomic mass is 19.4. The summed E-state index contributed by atoms with van der Waals surface area (Å²) >= 11 is 0. The Balaban J connectivity index is 4.65. The topological polar surface area (TPSA) is 29.5 Å². The number of halogens is 7. The molecule has 0 aliphatic heterocycles. The average molecular weight is 258 g/mol. The van der Waals surface area contributed by atoms with Crippen LogP contribution in [0.4, 0.5) is 30.7 Å². The van der Waals surface area contributed by atoms with Crippen molar-refractivity contribution in [3.05, 3.63) is 0 Å². The molecule has 0 saturated heterocycles. The zero-order valence-electron chi connectivity index (χ0n) is 7.99. The van der Waals surface area contributed by atoms with Crippen molar-refractivity contribution in [2.75, 3.05) is 6.61 Å². The van der Waals surface area contributed by atoms with E-state index in [4.69, 9.17) is 5.11 Å². The van der Waals surface area contributed by atoms with Gasteiger partial charge in [0.05, 0.1) is 0 Å². The van der Waals surface area contributed by atoms with E-state index in [2.05, 4.69) is 4.74 Å². The number of hydrogen-bond acceptors (Lipinski definition) is 2. The van der Waals surface area contributed by atoms with E-state index in [0.717, 1.165) is 0 Å². The molecule has 9 heteroatoms. The van der Waals surface area contributed by atoms with Gasteiger partial charge in [-0.3, -0.25) is 0 Å². The monoisotopic (exact) mass is 258 g/mol. The van der Waals surface area contributed by atoms with Crippen molar-refractivity contribution in [2.45, 2.75) is 37.7 Å². The van der Waals surface area contributed by atoms with E-state index in [9.17, 15) is 30.7 Å². The maximum Gasteiger partial charge on any atom is 0.459 e. The van der Waals surface area contributed by atoms with Crippen molar-refractivity contribution >= 4 is 0 Å². The van der Waals surface area contributed by atoms with E-state index in [1.807, 2.05) is 0 Å². The lowest BCUT2D eigenvalue weighted by Crippen LogP contribution is -2.54. The number of aliphatic hydroxyl groups excluding tert-OH is 1. The fourth-order valence-corrected chi connectivity index (χ4v) is 0.617. The summed E-state index contributed by atoms with van der Waals surface area (Å²) in [5.74, 6) is -11.6. The van der Waals surface area contributed by atoms with Crippen LogP contribution < -0.4 is 0 Å². The molecular formula is C7H9F7O2. The first-order chi connectivity index (χ1) is 6.95. The molecule has 0 radical (unpaired) electrons. The second kappa shape index (κ2) is 4.74. The van der Waals surface area contributed by atoms with Crippen LogP contribution in [0.2, 0.25) is 0 Å². The summed E-state index contributed by atoms with van der Waals surface area (Å²) in [4.78, 5) is 0. The molecule has 0 bridgehead atoms. The smallest absolute Gasteiger partial charge is 0.368 e. The van der Waals surface area contributed by atoms with Gasteiger partial charge in [0.15, 0.2) is 6.29 Å². The van der Waals surface area contributed by atoms with Gasteiger partial charge in [0.2, 0.25) is 0 Å². The van der Waals surface area contributed by atoms with Crippen molar-refractivity contribution in [3.8, 4) is 0 Å². The Kier molecular flexibility index (Phi) is 4.57. The van der Waals surface area contributed by atoms with E-state index in [0.29, 0.717) is 0 Å². The molecule has 0 fully saturated rings. The molecule has 98 valence electrons. The average Bonchev–Trinajstić information content (AvgIpc) is 2.12. The van der Waals surface area contributed by atoms with Crippen LogP contribution in [0.25, 0.3) is 0 Å². The molecule has 0 aromatic heterocycles. The maximum atomic E-state index is 12.5. The highest BCUT2D eigenvalue weighted by Gasteiger charge is 2.73. The van der Waals surface area contributed by atoms with Crippen LogP contribution in [0, 0.1) is 0 Å².